The smallest absolute Gasteiger partial charge is 0.227 e. The predicted octanol–water partition coefficient (Wildman–Crippen LogP) is 0.619. The van der Waals surface area contributed by atoms with Gasteiger partial charge in [0.2, 0.25) is 11.8 Å². The molecule has 1 atom stereocenters. The number of amides is 2. The largest absolute Gasteiger partial charge is 0.497 e. The highest BCUT2D eigenvalue weighted by Gasteiger charge is 2.32. The maximum atomic E-state index is 12.9. The Morgan fingerprint density at radius 2 is 2.14 bits per heavy atom. The molecule has 0 spiro atoms. The zero-order valence-corrected chi connectivity index (χ0v) is 16.8. The molecule has 3 rings (SSSR count). The van der Waals surface area contributed by atoms with Gasteiger partial charge >= 0.3 is 0 Å². The Labute approximate surface area is 166 Å². The average Bonchev–Trinajstić information content (AvgIpc) is 2.73. The van der Waals surface area contributed by atoms with Crippen molar-refractivity contribution in [3.8, 4) is 5.75 Å². The van der Waals surface area contributed by atoms with E-state index in [0.717, 1.165) is 44.3 Å². The standard InChI is InChI=1S/C20H30N4O4/c1-22(15-17-13-18(27-2)5-6-21-17)20(26)16-3-4-19(25)24(14-16)8-7-23-9-11-28-12-10-23/h5-6,13,16H,3-4,7-12,14-15H2,1-2H3. The van der Waals surface area contributed by atoms with Crippen molar-refractivity contribution in [2.75, 3.05) is 60.1 Å². The molecule has 0 radical (unpaired) electrons. The van der Waals surface area contributed by atoms with E-state index in [1.165, 1.54) is 0 Å². The minimum atomic E-state index is -0.155. The summed E-state index contributed by atoms with van der Waals surface area (Å²) in [4.78, 5) is 35.4. The molecule has 0 aromatic carbocycles. The first-order valence-electron chi connectivity index (χ1n) is 9.88. The Kier molecular flexibility index (Phi) is 7.22. The van der Waals surface area contributed by atoms with Crippen molar-refractivity contribution < 1.29 is 19.1 Å². The molecular weight excluding hydrogens is 360 g/mol. The second-order valence-corrected chi connectivity index (χ2v) is 7.41. The average molecular weight is 390 g/mol. The number of morpholine rings is 1. The van der Waals surface area contributed by atoms with Gasteiger partial charge in [-0.05, 0) is 12.5 Å². The van der Waals surface area contributed by atoms with Crippen molar-refractivity contribution in [3.05, 3.63) is 24.0 Å². The number of likely N-dealkylation sites (tertiary alicyclic amines) is 1. The van der Waals surface area contributed by atoms with E-state index in [2.05, 4.69) is 9.88 Å². The number of methoxy groups -OCH3 is 1. The Balaban J connectivity index is 1.52. The molecular formula is C20H30N4O4. The fourth-order valence-corrected chi connectivity index (χ4v) is 3.72. The molecule has 1 aromatic rings. The summed E-state index contributed by atoms with van der Waals surface area (Å²) >= 11 is 0. The number of aromatic nitrogens is 1. The first kappa shape index (κ1) is 20.5. The third-order valence-corrected chi connectivity index (χ3v) is 5.44. The van der Waals surface area contributed by atoms with Gasteiger partial charge in [-0.15, -0.1) is 0 Å². The van der Waals surface area contributed by atoms with Crippen LogP contribution in [-0.2, 0) is 20.9 Å². The minimum absolute atomic E-state index is 0.0634. The van der Waals surface area contributed by atoms with Crippen molar-refractivity contribution in [1.82, 2.24) is 19.7 Å². The number of hydrogen-bond donors (Lipinski definition) is 0. The molecule has 2 fully saturated rings. The highest BCUT2D eigenvalue weighted by atomic mass is 16.5. The fourth-order valence-electron chi connectivity index (χ4n) is 3.72. The monoisotopic (exact) mass is 390 g/mol. The van der Waals surface area contributed by atoms with Crippen LogP contribution >= 0.6 is 0 Å². The van der Waals surface area contributed by atoms with Crippen LogP contribution in [0, 0.1) is 5.92 Å². The van der Waals surface area contributed by atoms with Crippen molar-refractivity contribution >= 4 is 11.8 Å². The number of pyridine rings is 1. The van der Waals surface area contributed by atoms with Gasteiger partial charge in [0.15, 0.2) is 0 Å². The molecule has 2 aliphatic rings. The number of carbonyl (C=O) groups excluding carboxylic acids is 2. The number of nitrogens with zero attached hydrogens (tertiary/aromatic N) is 4. The maximum absolute atomic E-state index is 12.9. The van der Waals surface area contributed by atoms with Crippen LogP contribution in [0.2, 0.25) is 0 Å². The molecule has 1 unspecified atom stereocenters. The molecule has 0 N–H and O–H groups in total. The molecule has 1 aromatic heterocycles. The van der Waals surface area contributed by atoms with E-state index < -0.39 is 0 Å². The lowest BCUT2D eigenvalue weighted by Gasteiger charge is -2.35. The van der Waals surface area contributed by atoms with Crippen molar-refractivity contribution in [2.45, 2.75) is 19.4 Å². The van der Waals surface area contributed by atoms with Crippen LogP contribution in [-0.4, -0.2) is 91.6 Å². The first-order chi connectivity index (χ1) is 13.6. The topological polar surface area (TPSA) is 75.2 Å². The predicted molar refractivity (Wildman–Crippen MR) is 104 cm³/mol. The van der Waals surface area contributed by atoms with Crippen molar-refractivity contribution in [2.24, 2.45) is 5.92 Å². The molecule has 2 aliphatic heterocycles. The quantitative estimate of drug-likeness (QED) is 0.680. The van der Waals surface area contributed by atoms with Gasteiger partial charge in [-0.2, -0.15) is 0 Å². The van der Waals surface area contributed by atoms with E-state index in [4.69, 9.17) is 9.47 Å². The highest BCUT2D eigenvalue weighted by Crippen LogP contribution is 2.21. The van der Waals surface area contributed by atoms with Gasteiger partial charge < -0.3 is 19.3 Å². The Hall–Kier alpha value is -2.19. The Bertz CT molecular complexity index is 678. The molecule has 28 heavy (non-hydrogen) atoms. The van der Waals surface area contributed by atoms with E-state index in [-0.39, 0.29) is 17.7 Å². The molecule has 8 nitrogen and oxygen atoms in total. The first-order valence-corrected chi connectivity index (χ1v) is 9.88. The van der Waals surface area contributed by atoms with E-state index in [1.807, 2.05) is 11.0 Å². The molecule has 2 saturated heterocycles. The van der Waals surface area contributed by atoms with E-state index in [1.54, 1.807) is 31.3 Å². The summed E-state index contributed by atoms with van der Waals surface area (Å²) in [5.41, 5.74) is 0.784. The number of ether oxygens (including phenoxy) is 2. The summed E-state index contributed by atoms with van der Waals surface area (Å²) < 4.78 is 10.6. The minimum Gasteiger partial charge on any atom is -0.497 e. The summed E-state index contributed by atoms with van der Waals surface area (Å²) in [6, 6.07) is 3.62. The van der Waals surface area contributed by atoms with Crippen LogP contribution in [0.25, 0.3) is 0 Å². The van der Waals surface area contributed by atoms with Crippen LogP contribution < -0.4 is 4.74 Å². The number of piperidine rings is 1. The molecule has 8 heteroatoms. The van der Waals surface area contributed by atoms with Gasteiger partial charge in [-0.1, -0.05) is 0 Å². The third-order valence-electron chi connectivity index (χ3n) is 5.44. The zero-order valence-electron chi connectivity index (χ0n) is 16.8. The SMILES string of the molecule is COc1ccnc(CN(C)C(=O)C2CCC(=O)N(CCN3CCOCC3)C2)c1. The van der Waals surface area contributed by atoms with Crippen molar-refractivity contribution in [1.29, 1.82) is 0 Å². The van der Waals surface area contributed by atoms with Gasteiger partial charge in [0.25, 0.3) is 0 Å². The van der Waals surface area contributed by atoms with Crippen LogP contribution in [0.15, 0.2) is 18.3 Å². The second-order valence-electron chi connectivity index (χ2n) is 7.41. The van der Waals surface area contributed by atoms with Gasteiger partial charge in [0, 0.05) is 58.5 Å². The molecule has 0 aliphatic carbocycles. The Morgan fingerprint density at radius 1 is 1.36 bits per heavy atom. The summed E-state index contributed by atoms with van der Waals surface area (Å²) in [6.45, 7) is 5.73. The maximum Gasteiger partial charge on any atom is 0.227 e. The van der Waals surface area contributed by atoms with Gasteiger partial charge in [-0.25, -0.2) is 0 Å². The van der Waals surface area contributed by atoms with Gasteiger partial charge in [0.05, 0.1) is 38.5 Å². The van der Waals surface area contributed by atoms with Crippen LogP contribution in [0.4, 0.5) is 0 Å². The number of rotatable bonds is 7. The summed E-state index contributed by atoms with van der Waals surface area (Å²) in [6.07, 6.45) is 2.73. The van der Waals surface area contributed by atoms with Gasteiger partial charge in [-0.3, -0.25) is 19.5 Å². The lowest BCUT2D eigenvalue weighted by atomic mass is 9.96. The van der Waals surface area contributed by atoms with E-state index in [0.29, 0.717) is 32.5 Å². The van der Waals surface area contributed by atoms with Crippen LogP contribution in [0.3, 0.4) is 0 Å². The Morgan fingerprint density at radius 3 is 2.89 bits per heavy atom. The fraction of sp³-hybridized carbons (Fsp3) is 0.650. The van der Waals surface area contributed by atoms with Crippen LogP contribution in [0.5, 0.6) is 5.75 Å². The molecule has 3 heterocycles. The second kappa shape index (κ2) is 9.84. The third kappa shape index (κ3) is 5.42. The summed E-state index contributed by atoms with van der Waals surface area (Å²) in [5.74, 6) is 0.782. The van der Waals surface area contributed by atoms with E-state index >= 15 is 0 Å². The zero-order chi connectivity index (χ0) is 19.9. The molecule has 154 valence electrons. The summed E-state index contributed by atoms with van der Waals surface area (Å²) in [5, 5.41) is 0. The molecule has 2 amide bonds. The van der Waals surface area contributed by atoms with Crippen molar-refractivity contribution in [3.63, 3.8) is 0 Å². The normalized spacial score (nSPS) is 20.9. The van der Waals surface area contributed by atoms with Gasteiger partial charge in [0.1, 0.15) is 5.75 Å². The molecule has 0 bridgehead atoms. The highest BCUT2D eigenvalue weighted by molar-refractivity contribution is 5.83. The number of hydrogen-bond acceptors (Lipinski definition) is 6. The molecule has 0 saturated carbocycles. The lowest BCUT2D eigenvalue weighted by molar-refractivity contribution is -0.142. The van der Waals surface area contributed by atoms with Crippen LogP contribution in [0.1, 0.15) is 18.5 Å². The lowest BCUT2D eigenvalue weighted by Crippen LogP contribution is -2.49. The van der Waals surface area contributed by atoms with E-state index in [9.17, 15) is 9.59 Å². The summed E-state index contributed by atoms with van der Waals surface area (Å²) in [7, 11) is 3.40. The number of carbonyl (C=O) groups is 2.